The molecular weight excluding hydrogens is 482 g/mol. The van der Waals surface area contributed by atoms with Crippen molar-refractivity contribution < 1.29 is 28.6 Å². The Labute approximate surface area is 217 Å². The lowest BCUT2D eigenvalue weighted by molar-refractivity contribution is 0.0517. The summed E-state index contributed by atoms with van der Waals surface area (Å²) in [5.74, 6) is -1.25. The summed E-state index contributed by atoms with van der Waals surface area (Å²) >= 11 is 0. The second kappa shape index (κ2) is 9.03. The topological polar surface area (TPSA) is 83.3 Å². The van der Waals surface area contributed by atoms with Crippen LogP contribution in [-0.2, 0) is 14.2 Å². The Kier molecular flexibility index (Phi) is 5.64. The van der Waals surface area contributed by atoms with Gasteiger partial charge < -0.3 is 18.6 Å². The fourth-order valence-electron chi connectivity index (χ4n) is 5.38. The number of carbonyl (C=O) groups is 3. The molecule has 0 aliphatic heterocycles. The molecule has 190 valence electrons. The fourth-order valence-corrected chi connectivity index (χ4v) is 5.38. The number of nitrogens with zero attached hydrogens (tertiary/aromatic N) is 1. The number of hydrogen-bond acceptors (Lipinski definition) is 6. The number of fused-ring (bicyclic) bond motifs is 6. The first-order valence-corrected chi connectivity index (χ1v) is 12.7. The van der Waals surface area contributed by atoms with Gasteiger partial charge in [0.1, 0.15) is 0 Å². The van der Waals surface area contributed by atoms with E-state index < -0.39 is 17.9 Å². The van der Waals surface area contributed by atoms with Crippen molar-refractivity contribution in [3.05, 3.63) is 77.4 Å². The molecule has 7 nitrogen and oxygen atoms in total. The molecule has 6 aromatic rings. The Morgan fingerprint density at radius 2 is 0.921 bits per heavy atom. The van der Waals surface area contributed by atoms with E-state index in [4.69, 9.17) is 14.2 Å². The van der Waals surface area contributed by atoms with Crippen molar-refractivity contribution in [2.45, 2.75) is 20.8 Å². The molecule has 0 fully saturated rings. The van der Waals surface area contributed by atoms with Crippen molar-refractivity contribution in [1.29, 1.82) is 0 Å². The molecule has 0 bridgehead atoms. The van der Waals surface area contributed by atoms with Gasteiger partial charge in [-0.1, -0.05) is 12.1 Å². The maximum atomic E-state index is 13.0. The largest absolute Gasteiger partial charge is 0.462 e. The third-order valence-electron chi connectivity index (χ3n) is 6.92. The predicted octanol–water partition coefficient (Wildman–Crippen LogP) is 6.52. The van der Waals surface area contributed by atoms with Crippen LogP contribution in [0.15, 0.2) is 60.7 Å². The molecule has 0 saturated heterocycles. The van der Waals surface area contributed by atoms with Crippen LogP contribution in [0.25, 0.3) is 48.9 Å². The Bertz CT molecular complexity index is 1790. The highest BCUT2D eigenvalue weighted by atomic mass is 16.5. The molecule has 0 N–H and O–H groups in total. The van der Waals surface area contributed by atoms with Crippen molar-refractivity contribution >= 4 is 66.8 Å². The van der Waals surface area contributed by atoms with E-state index in [1.807, 2.05) is 36.4 Å². The Balaban J connectivity index is 1.80. The first-order chi connectivity index (χ1) is 18.5. The average molecular weight is 508 g/mol. The number of carbonyl (C=O) groups excluding carboxylic acids is 3. The minimum atomic E-state index is -0.443. The highest BCUT2D eigenvalue weighted by Crippen LogP contribution is 2.41. The third kappa shape index (κ3) is 3.46. The summed E-state index contributed by atoms with van der Waals surface area (Å²) in [6.07, 6.45) is 0. The Morgan fingerprint density at radius 1 is 0.526 bits per heavy atom. The van der Waals surface area contributed by atoms with Crippen LogP contribution >= 0.6 is 0 Å². The molecule has 6 rings (SSSR count). The average Bonchev–Trinajstić information content (AvgIpc) is 3.38. The Morgan fingerprint density at radius 3 is 1.34 bits per heavy atom. The SMILES string of the molecule is CCOC(=O)c1ccc2c(c1)c1cc(C(=O)OCC)cc3c4cc(C(=O)OCC)ccc4c4ccc2n4c13. The first kappa shape index (κ1) is 23.7. The van der Waals surface area contributed by atoms with Gasteiger partial charge in [-0.2, -0.15) is 0 Å². The smallest absolute Gasteiger partial charge is 0.338 e. The van der Waals surface area contributed by atoms with Gasteiger partial charge in [-0.05, 0) is 80.1 Å². The van der Waals surface area contributed by atoms with Gasteiger partial charge in [0.2, 0.25) is 0 Å². The van der Waals surface area contributed by atoms with E-state index in [2.05, 4.69) is 16.5 Å². The van der Waals surface area contributed by atoms with Gasteiger partial charge in [0.15, 0.2) is 0 Å². The van der Waals surface area contributed by atoms with E-state index in [0.29, 0.717) is 16.7 Å². The summed E-state index contributed by atoms with van der Waals surface area (Å²) in [4.78, 5) is 38.2. The molecule has 3 heterocycles. The maximum Gasteiger partial charge on any atom is 0.338 e. The third-order valence-corrected chi connectivity index (χ3v) is 6.92. The van der Waals surface area contributed by atoms with Gasteiger partial charge in [-0.25, -0.2) is 14.4 Å². The quantitative estimate of drug-likeness (QED) is 0.110. The van der Waals surface area contributed by atoms with Crippen molar-refractivity contribution in [3.63, 3.8) is 0 Å². The molecule has 0 saturated carbocycles. The van der Waals surface area contributed by atoms with E-state index in [-0.39, 0.29) is 19.8 Å². The van der Waals surface area contributed by atoms with Crippen LogP contribution in [0.5, 0.6) is 0 Å². The fraction of sp³-hybridized carbons (Fsp3) is 0.194. The predicted molar refractivity (Wildman–Crippen MR) is 146 cm³/mol. The molecule has 0 atom stereocenters. The molecule has 7 heteroatoms. The lowest BCUT2D eigenvalue weighted by Crippen LogP contribution is -2.07. The van der Waals surface area contributed by atoms with Crippen molar-refractivity contribution in [2.24, 2.45) is 0 Å². The highest BCUT2D eigenvalue weighted by Gasteiger charge is 2.22. The molecular formula is C31H25NO6. The number of hydrogen-bond donors (Lipinski definition) is 0. The molecule has 0 amide bonds. The molecule has 3 aromatic heterocycles. The van der Waals surface area contributed by atoms with Crippen molar-refractivity contribution in [3.8, 4) is 0 Å². The number of aromatic nitrogens is 1. The summed E-state index contributed by atoms with van der Waals surface area (Å²) in [5.41, 5.74) is 4.09. The van der Waals surface area contributed by atoms with Gasteiger partial charge in [0.05, 0.1) is 53.1 Å². The molecule has 3 aromatic carbocycles. The summed E-state index contributed by atoms with van der Waals surface area (Å²) in [6.45, 7) is 6.09. The zero-order chi connectivity index (χ0) is 26.6. The second-order valence-corrected chi connectivity index (χ2v) is 9.04. The van der Waals surface area contributed by atoms with Crippen LogP contribution in [0.1, 0.15) is 51.8 Å². The van der Waals surface area contributed by atoms with Crippen LogP contribution < -0.4 is 0 Å². The summed E-state index contributed by atoms with van der Waals surface area (Å²) < 4.78 is 18.0. The van der Waals surface area contributed by atoms with E-state index in [1.54, 1.807) is 32.9 Å². The summed E-state index contributed by atoms with van der Waals surface area (Å²) in [6, 6.07) is 18.7. The molecule has 0 aliphatic carbocycles. The van der Waals surface area contributed by atoms with Crippen molar-refractivity contribution in [1.82, 2.24) is 4.40 Å². The number of rotatable bonds is 6. The monoisotopic (exact) mass is 507 g/mol. The molecule has 0 spiro atoms. The van der Waals surface area contributed by atoms with Gasteiger partial charge in [0.25, 0.3) is 0 Å². The summed E-state index contributed by atoms with van der Waals surface area (Å²) in [7, 11) is 0. The lowest BCUT2D eigenvalue weighted by Gasteiger charge is -2.18. The highest BCUT2D eigenvalue weighted by molar-refractivity contribution is 6.27. The normalized spacial score (nSPS) is 11.7. The van der Waals surface area contributed by atoms with Gasteiger partial charge >= 0.3 is 17.9 Å². The zero-order valence-corrected chi connectivity index (χ0v) is 21.3. The Hall–Kier alpha value is -4.65. The van der Waals surface area contributed by atoms with E-state index >= 15 is 0 Å². The molecule has 0 aliphatic rings. The van der Waals surface area contributed by atoms with E-state index in [9.17, 15) is 14.4 Å². The number of pyridine rings is 2. The van der Waals surface area contributed by atoms with Crippen LogP contribution in [-0.4, -0.2) is 42.1 Å². The van der Waals surface area contributed by atoms with Gasteiger partial charge in [-0.3, -0.25) is 0 Å². The maximum absolute atomic E-state index is 13.0. The first-order valence-electron chi connectivity index (χ1n) is 12.7. The van der Waals surface area contributed by atoms with Crippen LogP contribution in [0, 0.1) is 0 Å². The zero-order valence-electron chi connectivity index (χ0n) is 21.3. The van der Waals surface area contributed by atoms with E-state index in [1.165, 1.54) is 0 Å². The molecule has 38 heavy (non-hydrogen) atoms. The summed E-state index contributed by atoms with van der Waals surface area (Å²) in [5, 5.41) is 5.11. The lowest BCUT2D eigenvalue weighted by atomic mass is 9.95. The van der Waals surface area contributed by atoms with Gasteiger partial charge in [0, 0.05) is 21.5 Å². The number of ether oxygens (including phenoxy) is 3. The molecule has 0 radical (unpaired) electrons. The number of esters is 3. The van der Waals surface area contributed by atoms with Crippen LogP contribution in [0.3, 0.4) is 0 Å². The minimum absolute atomic E-state index is 0.240. The van der Waals surface area contributed by atoms with Crippen molar-refractivity contribution in [2.75, 3.05) is 19.8 Å². The number of benzene rings is 3. The van der Waals surface area contributed by atoms with Gasteiger partial charge in [-0.15, -0.1) is 0 Å². The standard InChI is InChI=1S/C31H25NO6/c1-4-36-29(33)17-7-9-20-22(13-17)24-15-19(31(35)38-6-3)16-25-23-14-18(30(34)37-5-2)8-10-21(23)27-12-11-26(20)32(27)28(24)25/h7-16H,4-6H2,1-3H3. The molecule has 0 unspecified atom stereocenters. The minimum Gasteiger partial charge on any atom is -0.462 e. The second-order valence-electron chi connectivity index (χ2n) is 9.04. The van der Waals surface area contributed by atoms with Crippen LogP contribution in [0.2, 0.25) is 0 Å². The van der Waals surface area contributed by atoms with E-state index in [0.717, 1.165) is 48.9 Å². The van der Waals surface area contributed by atoms with Crippen LogP contribution in [0.4, 0.5) is 0 Å².